The van der Waals surface area contributed by atoms with E-state index in [9.17, 15) is 10.2 Å². The molecule has 78 heavy (non-hydrogen) atoms. The molecular weight excluding hydrogens is 969 g/mol. The molecule has 410 valence electrons. The standard InChI is InChI=1S/C68H82N4O6/c1-4-42(29-43-11-7-6-8-12-43)34-59-68-26-21-54-55-19-20-56-58(77-65(75)62(56)63(55)68)22-25-67(51-24-28-72-60(35-51)69-3)37-49(50(38-67)33-47(41-73)40-70-5-2)31-45-14-9-13-44(30-45)23-27-71-39-46-15-10-16-48(32-46)53-18-17-52(74)36-57(53)61(54)64(68)66(76)78-59/h6-18,22,30,32,34,36,42,47,49-51,54-55,60,63,69-74H,4-5,19-21,23-29,31,33,35,37-41H2,1-3H3. The highest BCUT2D eigenvalue weighted by Gasteiger charge is 2.69. The van der Waals surface area contributed by atoms with Gasteiger partial charge in [-0.2, -0.15) is 0 Å². The second kappa shape index (κ2) is 22.5. The maximum Gasteiger partial charge on any atom is 0.340 e. The molecule has 6 N–H and O–H groups in total. The molecule has 5 aliphatic carbocycles. The van der Waals surface area contributed by atoms with Gasteiger partial charge < -0.3 is 41.0 Å². The van der Waals surface area contributed by atoms with E-state index in [1.807, 2.05) is 18.2 Å². The summed E-state index contributed by atoms with van der Waals surface area (Å²) in [5.74, 6) is 2.23. The van der Waals surface area contributed by atoms with Crippen molar-refractivity contribution in [2.45, 2.75) is 116 Å². The lowest BCUT2D eigenvalue weighted by atomic mass is 9.44. The smallest absolute Gasteiger partial charge is 0.340 e. The minimum atomic E-state index is -0.886. The number of cyclic esters (lactones) is 1. The van der Waals surface area contributed by atoms with E-state index >= 15 is 9.59 Å². The number of piperidine rings is 1. The fraction of sp³-hybridized carbons (Fsp3) is 0.500. The van der Waals surface area contributed by atoms with Crippen molar-refractivity contribution >= 4 is 17.5 Å². The second-order valence-corrected chi connectivity index (χ2v) is 24.7. The quantitative estimate of drug-likeness (QED) is 0.0760. The lowest BCUT2D eigenvalue weighted by molar-refractivity contribution is -0.135. The Labute approximate surface area is 462 Å². The van der Waals surface area contributed by atoms with Crippen molar-refractivity contribution in [2.24, 2.45) is 58.2 Å². The highest BCUT2D eigenvalue weighted by molar-refractivity contribution is 6.07. The number of esters is 2. The maximum absolute atomic E-state index is 15.3. The molecule has 4 fully saturated rings. The molecule has 10 nitrogen and oxygen atoms in total. The molecule has 14 bridgehead atoms. The van der Waals surface area contributed by atoms with Crippen molar-refractivity contribution in [3.63, 3.8) is 0 Å². The number of ether oxygens (including phenoxy) is 2. The number of aromatic hydroxyl groups is 1. The SMILES string of the molecule is CCNCC(CO)CC1CC2(C3CCNC(NC)C3)CC=C3OC(=O)C4=C3CCC3C5CCC6(C(=CC(CC)Cc7ccccc7)OC(=O)C6=C5c5cc(O)ccc5-c5cccc(c5)CNCCc5cccc(c5)CC1C2)C43. The van der Waals surface area contributed by atoms with E-state index in [1.54, 1.807) is 6.07 Å². The Bertz CT molecular complexity index is 3030. The number of carbonyl (C=O) groups excluding carboxylic acids is 2. The molecule has 10 aliphatic rings. The van der Waals surface area contributed by atoms with Crippen LogP contribution in [0.2, 0.25) is 0 Å². The van der Waals surface area contributed by atoms with Gasteiger partial charge in [0, 0.05) is 36.8 Å². The van der Waals surface area contributed by atoms with E-state index in [2.05, 4.69) is 127 Å². The zero-order chi connectivity index (χ0) is 53.5. The topological polar surface area (TPSA) is 141 Å². The van der Waals surface area contributed by atoms with Gasteiger partial charge in [0.1, 0.15) is 17.3 Å². The zero-order valence-corrected chi connectivity index (χ0v) is 46.3. The summed E-state index contributed by atoms with van der Waals surface area (Å²) in [6.07, 6.45) is 17.5. The van der Waals surface area contributed by atoms with Crippen molar-refractivity contribution in [2.75, 3.05) is 39.8 Å². The molecule has 5 heterocycles. The van der Waals surface area contributed by atoms with Gasteiger partial charge >= 0.3 is 11.9 Å². The van der Waals surface area contributed by atoms with Crippen LogP contribution in [-0.2, 0) is 44.9 Å². The number of allylic oxidation sites excluding steroid dienone is 5. The molecule has 4 aromatic rings. The van der Waals surface area contributed by atoms with Crippen molar-refractivity contribution < 1.29 is 29.3 Å². The van der Waals surface area contributed by atoms with Crippen LogP contribution in [0.3, 0.4) is 0 Å². The van der Waals surface area contributed by atoms with E-state index in [4.69, 9.17) is 9.47 Å². The van der Waals surface area contributed by atoms with Crippen molar-refractivity contribution in [3.8, 4) is 16.9 Å². The van der Waals surface area contributed by atoms with Gasteiger partial charge in [0.25, 0.3) is 0 Å². The number of benzene rings is 4. The predicted octanol–water partition coefficient (Wildman–Crippen LogP) is 11.1. The Morgan fingerprint density at radius 3 is 2.53 bits per heavy atom. The largest absolute Gasteiger partial charge is 0.508 e. The number of hydrogen-bond acceptors (Lipinski definition) is 10. The fourth-order valence-corrected chi connectivity index (χ4v) is 16.8. The first-order valence-electron chi connectivity index (χ1n) is 29.9. The van der Waals surface area contributed by atoms with E-state index in [-0.39, 0.29) is 65.5 Å². The lowest BCUT2D eigenvalue weighted by Crippen LogP contribution is -2.52. The van der Waals surface area contributed by atoms with Crippen molar-refractivity contribution in [1.29, 1.82) is 0 Å². The van der Waals surface area contributed by atoms with Crippen molar-refractivity contribution in [3.05, 3.63) is 165 Å². The Morgan fingerprint density at radius 2 is 1.69 bits per heavy atom. The number of carbonyl (C=O) groups is 2. The van der Waals surface area contributed by atoms with Crippen LogP contribution in [0.5, 0.6) is 5.75 Å². The Hall–Kier alpha value is -5.62. The Morgan fingerprint density at radius 1 is 0.846 bits per heavy atom. The summed E-state index contributed by atoms with van der Waals surface area (Å²) in [5, 5.41) is 37.0. The predicted molar refractivity (Wildman–Crippen MR) is 307 cm³/mol. The van der Waals surface area contributed by atoms with Crippen LogP contribution in [0.4, 0.5) is 0 Å². The normalized spacial score (nSPS) is 30.8. The zero-order valence-electron chi connectivity index (χ0n) is 46.3. The molecule has 14 rings (SSSR count). The molecular formula is C68H82N4O6. The fourth-order valence-electron chi connectivity index (χ4n) is 16.8. The van der Waals surface area contributed by atoms with Gasteiger partial charge in [-0.3, -0.25) is 0 Å². The lowest BCUT2D eigenvalue weighted by Gasteiger charge is -2.56. The highest BCUT2D eigenvalue weighted by atomic mass is 16.6. The van der Waals surface area contributed by atoms with Crippen molar-refractivity contribution in [1.82, 2.24) is 21.3 Å². The average Bonchev–Trinajstić information content (AvgIpc) is 4.26. The van der Waals surface area contributed by atoms with E-state index < -0.39 is 5.41 Å². The van der Waals surface area contributed by atoms with Gasteiger partial charge in [-0.15, -0.1) is 0 Å². The summed E-state index contributed by atoms with van der Waals surface area (Å²) in [4.78, 5) is 30.5. The van der Waals surface area contributed by atoms with Crippen LogP contribution in [-0.4, -0.2) is 68.2 Å². The summed E-state index contributed by atoms with van der Waals surface area (Å²) < 4.78 is 13.5. The van der Waals surface area contributed by atoms with Crippen LogP contribution in [0.15, 0.2) is 137 Å². The molecule has 10 heteroatoms. The van der Waals surface area contributed by atoms with E-state index in [1.165, 1.54) is 16.7 Å². The third-order valence-corrected chi connectivity index (χ3v) is 20.4. The number of nitrogens with one attached hydrogen (secondary N) is 4. The minimum absolute atomic E-state index is 0.0383. The third kappa shape index (κ3) is 9.86. The van der Waals surface area contributed by atoms with Gasteiger partial charge in [0.2, 0.25) is 0 Å². The van der Waals surface area contributed by atoms with E-state index in [0.717, 1.165) is 154 Å². The van der Waals surface area contributed by atoms with Crippen LogP contribution in [0, 0.1) is 58.2 Å². The Kier molecular flexibility index (Phi) is 15.3. The summed E-state index contributed by atoms with van der Waals surface area (Å²) in [6.45, 7) is 8.68. The first kappa shape index (κ1) is 53.0. The highest BCUT2D eigenvalue weighted by Crippen LogP contribution is 2.72. The van der Waals surface area contributed by atoms with Crippen LogP contribution < -0.4 is 21.3 Å². The van der Waals surface area contributed by atoms with E-state index in [0.29, 0.717) is 42.1 Å². The number of rotatable bonds is 12. The van der Waals surface area contributed by atoms with Crippen LogP contribution in [0.1, 0.15) is 112 Å². The molecule has 0 radical (unpaired) electrons. The molecule has 11 atom stereocenters. The Balaban J connectivity index is 1.02. The molecule has 0 amide bonds. The van der Waals surface area contributed by atoms with Gasteiger partial charge in [-0.25, -0.2) is 9.59 Å². The van der Waals surface area contributed by atoms with Crippen LogP contribution >= 0.6 is 0 Å². The number of aliphatic hydroxyl groups excluding tert-OH is 1. The number of hydrogen-bond donors (Lipinski definition) is 6. The number of fused-ring (bicyclic) bond motifs is 5. The molecule has 5 aliphatic heterocycles. The summed E-state index contributed by atoms with van der Waals surface area (Å²) >= 11 is 0. The number of phenolic OH excluding ortho intramolecular Hbond substituents is 1. The second-order valence-electron chi connectivity index (χ2n) is 24.7. The average molecular weight is 1050 g/mol. The summed E-state index contributed by atoms with van der Waals surface area (Å²) in [6, 6.07) is 34.2. The first-order chi connectivity index (χ1) is 38.1. The first-order valence-corrected chi connectivity index (χ1v) is 29.9. The van der Waals surface area contributed by atoms with Crippen LogP contribution in [0.25, 0.3) is 16.7 Å². The van der Waals surface area contributed by atoms with Gasteiger partial charge in [0.15, 0.2) is 0 Å². The monoisotopic (exact) mass is 1050 g/mol. The molecule has 11 unspecified atom stereocenters. The van der Waals surface area contributed by atoms with Gasteiger partial charge in [-0.05, 0) is 238 Å². The summed E-state index contributed by atoms with van der Waals surface area (Å²) in [7, 11) is 2.07. The molecule has 4 aromatic carbocycles. The molecule has 2 saturated heterocycles. The molecule has 2 saturated carbocycles. The third-order valence-electron chi connectivity index (χ3n) is 20.4. The number of phenols is 1. The van der Waals surface area contributed by atoms with Gasteiger partial charge in [-0.1, -0.05) is 92.7 Å². The minimum Gasteiger partial charge on any atom is -0.508 e. The summed E-state index contributed by atoms with van der Waals surface area (Å²) in [5.41, 5.74) is 10.5. The molecule has 1 spiro atoms. The molecule has 0 aromatic heterocycles. The van der Waals surface area contributed by atoms with Gasteiger partial charge in [0.05, 0.1) is 17.2 Å². The maximum atomic E-state index is 15.3. The number of aliphatic hydroxyl groups is 1.